The normalized spacial score (nSPS) is 12.0. The molecule has 0 aliphatic rings. The molecule has 9 heteroatoms. The summed E-state index contributed by atoms with van der Waals surface area (Å²) >= 11 is 0. The second kappa shape index (κ2) is 8.32. The number of carboxylic acid groups (broad SMARTS) is 1. The van der Waals surface area contributed by atoms with E-state index in [9.17, 15) is 19.5 Å². The van der Waals surface area contributed by atoms with Crippen molar-refractivity contribution in [2.75, 3.05) is 0 Å². The zero-order valence-electron chi connectivity index (χ0n) is 14.8. The maximum absolute atomic E-state index is 12.3. The molecule has 0 saturated heterocycles. The Bertz CT molecular complexity index is 848. The molecule has 1 amide bonds. The van der Waals surface area contributed by atoms with Crippen molar-refractivity contribution in [3.05, 3.63) is 40.1 Å². The Kier molecular flexibility index (Phi) is 6.16. The fourth-order valence-electron chi connectivity index (χ4n) is 2.44. The molecule has 3 N–H and O–H groups in total. The summed E-state index contributed by atoms with van der Waals surface area (Å²) in [4.78, 5) is 50.6. The number of nitrogens with zero attached hydrogens (tertiary/aromatic N) is 3. The largest absolute Gasteiger partial charge is 0.480 e. The van der Waals surface area contributed by atoms with E-state index in [4.69, 9.17) is 0 Å². The van der Waals surface area contributed by atoms with Crippen molar-refractivity contribution in [2.45, 2.75) is 39.7 Å². The maximum atomic E-state index is 12.3. The Morgan fingerprint density at radius 3 is 2.46 bits per heavy atom. The van der Waals surface area contributed by atoms with Crippen molar-refractivity contribution in [1.29, 1.82) is 0 Å². The zero-order valence-corrected chi connectivity index (χ0v) is 14.8. The van der Waals surface area contributed by atoms with Crippen LogP contribution in [0.1, 0.15) is 31.5 Å². The van der Waals surface area contributed by atoms with E-state index < -0.39 is 23.5 Å². The fraction of sp³-hybridized carbons (Fsp3) is 0.412. The van der Waals surface area contributed by atoms with Crippen molar-refractivity contribution in [3.8, 4) is 11.6 Å². The topological polar surface area (TPSA) is 138 Å². The lowest BCUT2D eigenvalue weighted by Gasteiger charge is -2.16. The number of hydrogen-bond donors (Lipinski definition) is 3. The van der Waals surface area contributed by atoms with Gasteiger partial charge in [-0.15, -0.1) is 0 Å². The van der Waals surface area contributed by atoms with Gasteiger partial charge in [-0.1, -0.05) is 13.8 Å². The average Bonchev–Trinajstić information content (AvgIpc) is 2.57. The van der Waals surface area contributed by atoms with Gasteiger partial charge in [0.15, 0.2) is 11.6 Å². The number of aromatic amines is 1. The van der Waals surface area contributed by atoms with Crippen LogP contribution in [0, 0.1) is 12.8 Å². The molecule has 0 spiro atoms. The SMILES string of the molecule is Cc1nc(-c2ncccn2)[nH]c(=O)c1CC(=O)N[C@@H](CC(C)C)C(=O)O. The third-order valence-electron chi connectivity index (χ3n) is 3.68. The Labute approximate surface area is 149 Å². The highest BCUT2D eigenvalue weighted by Crippen LogP contribution is 2.09. The Balaban J connectivity index is 2.18. The number of aromatic nitrogens is 4. The molecule has 9 nitrogen and oxygen atoms in total. The summed E-state index contributed by atoms with van der Waals surface area (Å²) in [5, 5.41) is 11.7. The molecule has 2 aromatic rings. The first-order valence-corrected chi connectivity index (χ1v) is 8.17. The van der Waals surface area contributed by atoms with Crippen LogP contribution in [0.4, 0.5) is 0 Å². The van der Waals surface area contributed by atoms with Gasteiger partial charge in [-0.3, -0.25) is 9.59 Å². The van der Waals surface area contributed by atoms with Crippen LogP contribution in [-0.4, -0.2) is 43.0 Å². The molecule has 2 aromatic heterocycles. The minimum Gasteiger partial charge on any atom is -0.480 e. The number of aryl methyl sites for hydroxylation is 1. The van der Waals surface area contributed by atoms with Gasteiger partial charge >= 0.3 is 5.97 Å². The van der Waals surface area contributed by atoms with Crippen LogP contribution in [0.25, 0.3) is 11.6 Å². The lowest BCUT2D eigenvalue weighted by molar-refractivity contribution is -0.142. The Morgan fingerprint density at radius 1 is 1.27 bits per heavy atom. The molecule has 0 aliphatic carbocycles. The predicted molar refractivity (Wildman–Crippen MR) is 93.3 cm³/mol. The number of nitrogens with one attached hydrogen (secondary N) is 2. The van der Waals surface area contributed by atoms with Crippen molar-refractivity contribution < 1.29 is 14.7 Å². The van der Waals surface area contributed by atoms with Crippen LogP contribution in [0.15, 0.2) is 23.3 Å². The smallest absolute Gasteiger partial charge is 0.326 e. The number of H-pyrrole nitrogens is 1. The molecule has 0 saturated carbocycles. The van der Waals surface area contributed by atoms with Gasteiger partial charge in [0.05, 0.1) is 6.42 Å². The van der Waals surface area contributed by atoms with Gasteiger partial charge in [-0.05, 0) is 25.3 Å². The zero-order chi connectivity index (χ0) is 19.3. The Morgan fingerprint density at radius 2 is 1.92 bits per heavy atom. The van der Waals surface area contributed by atoms with E-state index >= 15 is 0 Å². The standard InChI is InChI=1S/C17H21N5O4/c1-9(2)7-12(17(25)26)21-13(23)8-11-10(3)20-15(22-16(11)24)14-18-5-4-6-19-14/h4-6,9,12H,7-8H2,1-3H3,(H,21,23)(H,25,26)(H,20,22,24)/t12-/m0/s1. The highest BCUT2D eigenvalue weighted by atomic mass is 16.4. The van der Waals surface area contributed by atoms with Crippen LogP contribution in [0.3, 0.4) is 0 Å². The van der Waals surface area contributed by atoms with Crippen LogP contribution >= 0.6 is 0 Å². The molecule has 1 atom stereocenters. The van der Waals surface area contributed by atoms with E-state index in [1.807, 2.05) is 13.8 Å². The van der Waals surface area contributed by atoms with Gasteiger partial charge in [0.1, 0.15) is 6.04 Å². The molecule has 2 rings (SSSR count). The third kappa shape index (κ3) is 4.95. The first kappa shape index (κ1) is 19.2. The second-order valence-electron chi connectivity index (χ2n) is 6.32. The van der Waals surface area contributed by atoms with Crippen LogP contribution in [-0.2, 0) is 16.0 Å². The van der Waals surface area contributed by atoms with Gasteiger partial charge in [0, 0.05) is 23.7 Å². The van der Waals surface area contributed by atoms with Crippen LogP contribution in [0.2, 0.25) is 0 Å². The number of aliphatic carboxylic acids is 1. The average molecular weight is 359 g/mol. The molecule has 0 aromatic carbocycles. The number of carboxylic acids is 1. The third-order valence-corrected chi connectivity index (χ3v) is 3.68. The molecule has 138 valence electrons. The van der Waals surface area contributed by atoms with Gasteiger partial charge in [0.2, 0.25) is 5.91 Å². The highest BCUT2D eigenvalue weighted by Gasteiger charge is 2.22. The monoisotopic (exact) mass is 359 g/mol. The first-order valence-electron chi connectivity index (χ1n) is 8.17. The summed E-state index contributed by atoms with van der Waals surface area (Å²) in [6.45, 7) is 5.34. The number of carbonyl (C=O) groups excluding carboxylic acids is 1. The molecular weight excluding hydrogens is 338 g/mol. The van der Waals surface area contributed by atoms with E-state index in [0.29, 0.717) is 12.1 Å². The van der Waals surface area contributed by atoms with Gasteiger partial charge < -0.3 is 15.4 Å². The quantitative estimate of drug-likeness (QED) is 0.661. The van der Waals surface area contributed by atoms with E-state index in [-0.39, 0.29) is 29.6 Å². The summed E-state index contributed by atoms with van der Waals surface area (Å²) in [5.74, 6) is -1.06. The summed E-state index contributed by atoms with van der Waals surface area (Å²) in [6.07, 6.45) is 3.10. The van der Waals surface area contributed by atoms with Crippen molar-refractivity contribution >= 4 is 11.9 Å². The van der Waals surface area contributed by atoms with Crippen molar-refractivity contribution in [3.63, 3.8) is 0 Å². The molecule has 0 unspecified atom stereocenters. The summed E-state index contributed by atoms with van der Waals surface area (Å²) in [6, 6.07) is 0.648. The minimum atomic E-state index is -1.10. The summed E-state index contributed by atoms with van der Waals surface area (Å²) in [7, 11) is 0. The van der Waals surface area contributed by atoms with Gasteiger partial charge in [0.25, 0.3) is 5.56 Å². The molecule has 0 fully saturated rings. The maximum Gasteiger partial charge on any atom is 0.326 e. The van der Waals surface area contributed by atoms with E-state index in [1.54, 1.807) is 13.0 Å². The number of rotatable bonds is 7. The molecule has 2 heterocycles. The molecular formula is C17H21N5O4. The fourth-order valence-corrected chi connectivity index (χ4v) is 2.44. The first-order chi connectivity index (χ1) is 12.3. The van der Waals surface area contributed by atoms with Crippen LogP contribution in [0.5, 0.6) is 0 Å². The highest BCUT2D eigenvalue weighted by molar-refractivity contribution is 5.84. The van der Waals surface area contributed by atoms with Crippen molar-refractivity contribution in [2.24, 2.45) is 5.92 Å². The minimum absolute atomic E-state index is 0.105. The molecule has 26 heavy (non-hydrogen) atoms. The lowest BCUT2D eigenvalue weighted by Crippen LogP contribution is -2.43. The molecule has 0 bridgehead atoms. The van der Waals surface area contributed by atoms with E-state index in [0.717, 1.165) is 0 Å². The number of amides is 1. The van der Waals surface area contributed by atoms with Gasteiger partial charge in [-0.2, -0.15) is 0 Å². The number of carbonyl (C=O) groups is 2. The van der Waals surface area contributed by atoms with Gasteiger partial charge in [-0.25, -0.2) is 19.7 Å². The molecule has 0 aliphatic heterocycles. The van der Waals surface area contributed by atoms with Crippen molar-refractivity contribution in [1.82, 2.24) is 25.3 Å². The van der Waals surface area contributed by atoms with Crippen LogP contribution < -0.4 is 10.9 Å². The summed E-state index contributed by atoms with van der Waals surface area (Å²) in [5.41, 5.74) is 0.0591. The summed E-state index contributed by atoms with van der Waals surface area (Å²) < 4.78 is 0. The Hall–Kier alpha value is -3.10. The molecule has 0 radical (unpaired) electrons. The number of hydrogen-bond acceptors (Lipinski definition) is 6. The van der Waals surface area contributed by atoms with E-state index in [2.05, 4.69) is 25.3 Å². The second-order valence-corrected chi connectivity index (χ2v) is 6.32. The lowest BCUT2D eigenvalue weighted by atomic mass is 10.0. The predicted octanol–water partition coefficient (Wildman–Crippen LogP) is 0.693. The van der Waals surface area contributed by atoms with E-state index in [1.165, 1.54) is 12.4 Å².